The van der Waals surface area contributed by atoms with Gasteiger partial charge in [0.15, 0.2) is 0 Å². The number of halogens is 1. The summed E-state index contributed by atoms with van der Waals surface area (Å²) in [6, 6.07) is 17.6. The molecule has 1 aliphatic rings. The van der Waals surface area contributed by atoms with Crippen molar-refractivity contribution in [1.82, 2.24) is 19.1 Å². The molecule has 4 heterocycles. The zero-order valence-corrected chi connectivity index (χ0v) is 21.7. The number of hydrogen-bond donors (Lipinski definition) is 1. The minimum atomic E-state index is -0.155. The molecule has 0 amide bonds. The topological polar surface area (TPSA) is 94.3 Å². The van der Waals surface area contributed by atoms with Crippen molar-refractivity contribution in [1.29, 1.82) is 0 Å². The lowest BCUT2D eigenvalue weighted by molar-refractivity contribution is 0.501. The van der Waals surface area contributed by atoms with Crippen molar-refractivity contribution in [2.75, 3.05) is 18.0 Å². The Labute approximate surface area is 225 Å². The molecule has 192 valence electrons. The summed E-state index contributed by atoms with van der Waals surface area (Å²) in [5.74, 6) is 0.885. The van der Waals surface area contributed by atoms with Gasteiger partial charge in [-0.25, -0.2) is 4.98 Å². The number of aliphatic imine (C=N–C) groups is 1. The van der Waals surface area contributed by atoms with Crippen LogP contribution in [0.15, 0.2) is 76.9 Å². The summed E-state index contributed by atoms with van der Waals surface area (Å²) in [5, 5.41) is 2.71. The van der Waals surface area contributed by atoms with Crippen molar-refractivity contribution in [2.45, 2.75) is 32.0 Å². The van der Waals surface area contributed by atoms with E-state index in [1.165, 1.54) is 0 Å². The molecule has 0 spiro atoms. The Morgan fingerprint density at radius 2 is 1.92 bits per heavy atom. The fourth-order valence-electron chi connectivity index (χ4n) is 5.46. The van der Waals surface area contributed by atoms with Crippen LogP contribution in [-0.2, 0) is 13.1 Å². The summed E-state index contributed by atoms with van der Waals surface area (Å²) in [7, 11) is 0. The summed E-state index contributed by atoms with van der Waals surface area (Å²) in [6.45, 7) is 5.89. The Bertz CT molecular complexity index is 1700. The van der Waals surface area contributed by atoms with E-state index in [1.54, 1.807) is 17.1 Å². The molecule has 1 atom stereocenters. The maximum Gasteiger partial charge on any atom is 0.278 e. The van der Waals surface area contributed by atoms with Gasteiger partial charge in [0.05, 0.1) is 25.1 Å². The molecule has 0 saturated carbocycles. The van der Waals surface area contributed by atoms with E-state index in [2.05, 4.69) is 21.6 Å². The Morgan fingerprint density at radius 3 is 2.71 bits per heavy atom. The lowest BCUT2D eigenvalue weighted by Gasteiger charge is -2.34. The number of fused-ring (bicyclic) bond motifs is 2. The first-order chi connectivity index (χ1) is 18.5. The average Bonchev–Trinajstić information content (AvgIpc) is 3.26. The minimum Gasteiger partial charge on any atom is -0.356 e. The van der Waals surface area contributed by atoms with E-state index in [1.807, 2.05) is 59.2 Å². The Balaban J connectivity index is 1.60. The highest BCUT2D eigenvalue weighted by Crippen LogP contribution is 2.35. The van der Waals surface area contributed by atoms with Crippen LogP contribution in [0.2, 0.25) is 5.02 Å². The Kier molecular flexibility index (Phi) is 6.43. The molecule has 6 rings (SSSR count). The minimum absolute atomic E-state index is 0.0482. The van der Waals surface area contributed by atoms with Gasteiger partial charge >= 0.3 is 0 Å². The standard InChI is InChI=1S/C29H28ClN7O/c1-32-15-24-26-27(29(38)36(18-34-26)17-25-23-7-3-2-5-19(23)12-13-33-25)37(22-10-8-20(30)9-11-22)28(24)35-14-4-6-21(31)16-35/h2-3,5,7-13,18,21H,1,4,6,14-17,31H2/t21-/m0/s1. The number of rotatable bonds is 6. The average molecular weight is 526 g/mol. The highest BCUT2D eigenvalue weighted by atomic mass is 35.5. The van der Waals surface area contributed by atoms with Gasteiger partial charge in [-0.1, -0.05) is 35.9 Å². The van der Waals surface area contributed by atoms with Gasteiger partial charge in [0.25, 0.3) is 5.56 Å². The molecule has 0 unspecified atom stereocenters. The van der Waals surface area contributed by atoms with Crippen LogP contribution < -0.4 is 16.2 Å². The highest BCUT2D eigenvalue weighted by molar-refractivity contribution is 6.30. The predicted octanol–water partition coefficient (Wildman–Crippen LogP) is 4.57. The first-order valence-corrected chi connectivity index (χ1v) is 13.1. The summed E-state index contributed by atoms with van der Waals surface area (Å²) in [6.07, 6.45) is 5.32. The third kappa shape index (κ3) is 4.25. The van der Waals surface area contributed by atoms with Gasteiger partial charge in [0.2, 0.25) is 0 Å². The third-order valence-electron chi connectivity index (χ3n) is 7.19. The van der Waals surface area contributed by atoms with E-state index in [-0.39, 0.29) is 11.6 Å². The van der Waals surface area contributed by atoms with Gasteiger partial charge in [-0.05, 0) is 55.3 Å². The highest BCUT2D eigenvalue weighted by Gasteiger charge is 2.29. The third-order valence-corrected chi connectivity index (χ3v) is 7.45. The van der Waals surface area contributed by atoms with Crippen molar-refractivity contribution in [3.8, 4) is 5.69 Å². The van der Waals surface area contributed by atoms with Crippen LogP contribution in [0.1, 0.15) is 24.1 Å². The molecular formula is C29H28ClN7O. The summed E-state index contributed by atoms with van der Waals surface area (Å²) in [4.78, 5) is 30.1. The fourth-order valence-corrected chi connectivity index (χ4v) is 5.59. The van der Waals surface area contributed by atoms with Gasteiger partial charge in [-0.15, -0.1) is 0 Å². The van der Waals surface area contributed by atoms with E-state index in [0.717, 1.165) is 52.9 Å². The predicted molar refractivity (Wildman–Crippen MR) is 154 cm³/mol. The molecule has 2 aromatic carbocycles. The summed E-state index contributed by atoms with van der Waals surface area (Å²) in [5.41, 5.74) is 9.84. The number of anilines is 1. The number of nitrogens with zero attached hydrogens (tertiary/aromatic N) is 6. The normalized spacial score (nSPS) is 15.8. The fraction of sp³-hybridized carbons (Fsp3) is 0.241. The van der Waals surface area contributed by atoms with E-state index in [4.69, 9.17) is 22.3 Å². The molecule has 3 aromatic heterocycles. The first-order valence-electron chi connectivity index (χ1n) is 12.7. The van der Waals surface area contributed by atoms with Crippen LogP contribution in [0.4, 0.5) is 5.82 Å². The molecule has 8 nitrogen and oxygen atoms in total. The Hall–Kier alpha value is -4.01. The SMILES string of the molecule is C=NCc1c(N2CCC[C@H](N)C2)n(-c2ccc(Cl)cc2)c2c(=O)n(Cc3nccc4ccccc34)cnc12. The second-order valence-corrected chi connectivity index (χ2v) is 10.1. The number of hydrogen-bond acceptors (Lipinski definition) is 6. The van der Waals surface area contributed by atoms with Gasteiger partial charge in [0, 0.05) is 47.0 Å². The van der Waals surface area contributed by atoms with Crippen molar-refractivity contribution in [3.05, 3.63) is 93.8 Å². The molecular weight excluding hydrogens is 498 g/mol. The molecule has 2 N–H and O–H groups in total. The van der Waals surface area contributed by atoms with E-state index >= 15 is 0 Å². The molecule has 9 heteroatoms. The maximum atomic E-state index is 14.2. The number of pyridine rings is 1. The first kappa shape index (κ1) is 24.3. The second kappa shape index (κ2) is 10.0. The van der Waals surface area contributed by atoms with Crippen LogP contribution in [0.5, 0.6) is 0 Å². The smallest absolute Gasteiger partial charge is 0.278 e. The molecule has 5 aromatic rings. The monoisotopic (exact) mass is 525 g/mol. The molecule has 38 heavy (non-hydrogen) atoms. The molecule has 0 radical (unpaired) electrons. The molecule has 1 fully saturated rings. The number of piperidine rings is 1. The second-order valence-electron chi connectivity index (χ2n) is 9.70. The lowest BCUT2D eigenvalue weighted by atomic mass is 10.1. The van der Waals surface area contributed by atoms with Crippen molar-refractivity contribution >= 4 is 45.9 Å². The number of nitrogens with two attached hydrogens (primary N) is 1. The quantitative estimate of drug-likeness (QED) is 0.328. The van der Waals surface area contributed by atoms with E-state index in [9.17, 15) is 4.79 Å². The van der Waals surface area contributed by atoms with Gasteiger partial charge in [-0.3, -0.25) is 23.9 Å². The largest absolute Gasteiger partial charge is 0.356 e. The summed E-state index contributed by atoms with van der Waals surface area (Å²) >= 11 is 6.23. The van der Waals surface area contributed by atoms with E-state index < -0.39 is 0 Å². The van der Waals surface area contributed by atoms with Crippen molar-refractivity contribution in [3.63, 3.8) is 0 Å². The van der Waals surface area contributed by atoms with Crippen LogP contribution in [0.3, 0.4) is 0 Å². The van der Waals surface area contributed by atoms with Crippen LogP contribution in [0.25, 0.3) is 27.5 Å². The maximum absolute atomic E-state index is 14.2. The van der Waals surface area contributed by atoms with E-state index in [0.29, 0.717) is 35.7 Å². The zero-order chi connectivity index (χ0) is 26.2. The lowest BCUT2D eigenvalue weighted by Crippen LogP contribution is -2.44. The van der Waals surface area contributed by atoms with Gasteiger partial charge < -0.3 is 10.6 Å². The number of aromatic nitrogens is 4. The zero-order valence-electron chi connectivity index (χ0n) is 20.9. The molecule has 0 aliphatic carbocycles. The molecule has 1 aliphatic heterocycles. The van der Waals surface area contributed by atoms with Crippen LogP contribution in [0, 0.1) is 0 Å². The number of benzene rings is 2. The van der Waals surface area contributed by atoms with Crippen molar-refractivity contribution < 1.29 is 0 Å². The molecule has 1 saturated heterocycles. The van der Waals surface area contributed by atoms with Gasteiger partial charge in [0.1, 0.15) is 16.9 Å². The summed E-state index contributed by atoms with van der Waals surface area (Å²) < 4.78 is 3.62. The van der Waals surface area contributed by atoms with Crippen molar-refractivity contribution in [2.24, 2.45) is 10.7 Å². The van der Waals surface area contributed by atoms with Gasteiger partial charge in [-0.2, -0.15) is 0 Å². The van der Waals surface area contributed by atoms with Crippen LogP contribution >= 0.6 is 11.6 Å². The van der Waals surface area contributed by atoms with Crippen LogP contribution in [-0.4, -0.2) is 45.0 Å². The Morgan fingerprint density at radius 1 is 1.11 bits per heavy atom. The molecule has 0 bridgehead atoms.